The summed E-state index contributed by atoms with van der Waals surface area (Å²) in [6, 6.07) is 0.930. The van der Waals surface area contributed by atoms with E-state index in [1.807, 2.05) is 4.98 Å². The van der Waals surface area contributed by atoms with Gasteiger partial charge in [-0.05, 0) is 0 Å². The molecule has 0 radical (unpaired) electrons. The van der Waals surface area contributed by atoms with E-state index in [-0.39, 0.29) is 0 Å². The number of hydrogen-bond acceptors (Lipinski definition) is 15. The fourth-order valence-electron chi connectivity index (χ4n) is 3.38. The zero-order chi connectivity index (χ0) is 27.0. The summed E-state index contributed by atoms with van der Waals surface area (Å²) in [5.41, 5.74) is -1.74. The highest BCUT2D eigenvalue weighted by atomic mass is 31.3. The molecule has 2 fully saturated rings. The first-order valence-electron chi connectivity index (χ1n) is 9.99. The van der Waals surface area contributed by atoms with Crippen LogP contribution in [0, 0.1) is 0 Å². The Balaban J connectivity index is 1.60. The maximum Gasteiger partial charge on any atom is 0.483 e. The van der Waals surface area contributed by atoms with Crippen LogP contribution in [0.1, 0.15) is 6.23 Å². The molecule has 1 aromatic heterocycles. The summed E-state index contributed by atoms with van der Waals surface area (Å²) in [4.78, 5) is 44.5. The van der Waals surface area contributed by atoms with Gasteiger partial charge in [0.1, 0.15) is 42.7 Å². The highest BCUT2D eigenvalue weighted by Gasteiger charge is 2.51. The summed E-state index contributed by atoms with van der Waals surface area (Å²) in [5, 5.41) is 58.3. The van der Waals surface area contributed by atoms with Gasteiger partial charge < -0.3 is 49.9 Å². The number of nitrogens with zero attached hydrogens (tertiary/aromatic N) is 1. The fourth-order valence-corrected chi connectivity index (χ4v) is 5.54. The van der Waals surface area contributed by atoms with Crippen molar-refractivity contribution in [2.75, 3.05) is 13.2 Å². The van der Waals surface area contributed by atoms with Gasteiger partial charge in [-0.2, -0.15) is 4.31 Å². The van der Waals surface area contributed by atoms with Crippen LogP contribution < -0.4 is 11.2 Å². The molecule has 0 saturated carbocycles. The third kappa shape index (κ3) is 6.54. The largest absolute Gasteiger partial charge is 0.483 e. The van der Waals surface area contributed by atoms with Crippen LogP contribution in [0.3, 0.4) is 0 Å². The van der Waals surface area contributed by atoms with Crippen molar-refractivity contribution in [3.63, 3.8) is 0 Å². The molecule has 36 heavy (non-hydrogen) atoms. The Morgan fingerprint density at radius 3 is 2.31 bits per heavy atom. The van der Waals surface area contributed by atoms with E-state index in [0.717, 1.165) is 16.8 Å². The number of rotatable bonds is 10. The van der Waals surface area contributed by atoms with Crippen LogP contribution in [0.25, 0.3) is 0 Å². The van der Waals surface area contributed by atoms with Crippen LogP contribution in [-0.4, -0.2) is 112 Å². The Kier molecular flexibility index (Phi) is 9.05. The molecule has 19 nitrogen and oxygen atoms in total. The molecule has 9 N–H and O–H groups in total. The van der Waals surface area contributed by atoms with Gasteiger partial charge in [0.25, 0.3) is 5.56 Å². The van der Waals surface area contributed by atoms with Gasteiger partial charge in [-0.3, -0.25) is 23.4 Å². The molecular weight excluding hydrogens is 542 g/mol. The monoisotopic (exact) mass is 566 g/mol. The van der Waals surface area contributed by atoms with E-state index in [2.05, 4.69) is 13.4 Å². The second-order valence-corrected chi connectivity index (χ2v) is 10.7. The highest BCUT2D eigenvalue weighted by Crippen LogP contribution is 2.61. The van der Waals surface area contributed by atoms with E-state index in [9.17, 15) is 54.0 Å². The van der Waals surface area contributed by atoms with E-state index in [1.165, 1.54) is 0 Å². The van der Waals surface area contributed by atoms with Gasteiger partial charge in [-0.15, -0.1) is 0 Å². The van der Waals surface area contributed by atoms with Crippen molar-refractivity contribution >= 4 is 15.6 Å². The number of nitrogens with one attached hydrogen (secondary N) is 1. The molecule has 0 aromatic carbocycles. The molecule has 0 bridgehead atoms. The van der Waals surface area contributed by atoms with Crippen LogP contribution in [0.2, 0.25) is 0 Å². The number of aliphatic hydroxyl groups is 6. The molecule has 21 heteroatoms. The summed E-state index contributed by atoms with van der Waals surface area (Å²) in [5.74, 6) is 0. The third-order valence-corrected chi connectivity index (χ3v) is 7.73. The second kappa shape index (κ2) is 11.2. The first-order chi connectivity index (χ1) is 16.7. The average Bonchev–Trinajstić information content (AvgIpc) is 3.21. The molecule has 11 unspecified atom stereocenters. The van der Waals surface area contributed by atoms with Crippen molar-refractivity contribution in [2.45, 2.75) is 55.2 Å². The topological polar surface area (TPSA) is 297 Å². The Bertz CT molecular complexity index is 1130. The maximum absolute atomic E-state index is 12.1. The van der Waals surface area contributed by atoms with E-state index >= 15 is 0 Å². The predicted octanol–water partition coefficient (Wildman–Crippen LogP) is -4.79. The Morgan fingerprint density at radius 2 is 1.69 bits per heavy atom. The molecule has 0 aliphatic carbocycles. The molecule has 2 aliphatic rings. The van der Waals surface area contributed by atoms with Crippen molar-refractivity contribution in [3.05, 3.63) is 33.1 Å². The Hall–Kier alpha value is -1.38. The lowest BCUT2D eigenvalue weighted by Crippen LogP contribution is -2.40. The van der Waals surface area contributed by atoms with Gasteiger partial charge in [0.05, 0.1) is 13.2 Å². The Morgan fingerprint density at radius 1 is 1.03 bits per heavy atom. The van der Waals surface area contributed by atoms with Crippen molar-refractivity contribution in [3.8, 4) is 0 Å². The van der Waals surface area contributed by atoms with Crippen molar-refractivity contribution in [2.24, 2.45) is 0 Å². The summed E-state index contributed by atoms with van der Waals surface area (Å²) < 4.78 is 48.0. The molecule has 2 saturated heterocycles. The first kappa shape index (κ1) is 29.2. The number of hydrogen-bond donors (Lipinski definition) is 9. The van der Waals surface area contributed by atoms with Gasteiger partial charge >= 0.3 is 21.3 Å². The maximum atomic E-state index is 12.1. The molecule has 0 amide bonds. The minimum absolute atomic E-state index is 0.725. The van der Waals surface area contributed by atoms with Crippen LogP contribution in [0.15, 0.2) is 21.9 Å². The van der Waals surface area contributed by atoms with E-state index < -0.39 is 95.4 Å². The summed E-state index contributed by atoms with van der Waals surface area (Å²) in [7, 11) is -11.0. The molecule has 206 valence electrons. The van der Waals surface area contributed by atoms with Gasteiger partial charge in [0.2, 0.25) is 0 Å². The number of phosphoric ester groups is 2. The zero-order valence-electron chi connectivity index (χ0n) is 17.9. The van der Waals surface area contributed by atoms with Gasteiger partial charge in [0.15, 0.2) is 12.5 Å². The molecule has 1 aromatic rings. The van der Waals surface area contributed by atoms with E-state index in [4.69, 9.17) is 14.6 Å². The standard InChI is InChI=1S/C15H24N2O17P2/c18-3-5(19)12-9(22)11(24)14(32-12)33-36(28,29)34-35(26,27)30-4-6-8(21)10(23)13(31-6)17-2-1-7(20)16-15(17)25/h1-2,5-6,8-14,18-19,21-24H,3-4H2,(H,26,27)(H,28,29)(H,16,20,25). The van der Waals surface area contributed by atoms with Crippen LogP contribution >= 0.6 is 15.6 Å². The highest BCUT2D eigenvalue weighted by molar-refractivity contribution is 7.61. The quantitative estimate of drug-likeness (QED) is 0.120. The molecule has 0 spiro atoms. The van der Waals surface area contributed by atoms with Gasteiger partial charge in [-0.1, -0.05) is 0 Å². The summed E-state index contributed by atoms with van der Waals surface area (Å²) >= 11 is 0. The van der Waals surface area contributed by atoms with Gasteiger partial charge in [0, 0.05) is 12.3 Å². The minimum Gasteiger partial charge on any atom is -0.394 e. The van der Waals surface area contributed by atoms with Gasteiger partial charge in [-0.25, -0.2) is 13.9 Å². The fraction of sp³-hybridized carbons (Fsp3) is 0.733. The molecule has 2 aliphatic heterocycles. The normalized spacial score (nSPS) is 36.9. The van der Waals surface area contributed by atoms with Crippen molar-refractivity contribution < 1.29 is 72.4 Å². The molecule has 3 rings (SSSR count). The minimum atomic E-state index is -5.56. The Labute approximate surface area is 199 Å². The van der Waals surface area contributed by atoms with E-state index in [0.29, 0.717) is 0 Å². The lowest BCUT2D eigenvalue weighted by molar-refractivity contribution is -0.144. The number of ether oxygens (including phenoxy) is 2. The van der Waals surface area contributed by atoms with Crippen LogP contribution in [0.4, 0.5) is 0 Å². The van der Waals surface area contributed by atoms with Crippen molar-refractivity contribution in [1.29, 1.82) is 0 Å². The predicted molar refractivity (Wildman–Crippen MR) is 109 cm³/mol. The lowest BCUT2D eigenvalue weighted by atomic mass is 10.1. The molecule has 11 atom stereocenters. The number of H-pyrrole nitrogens is 1. The number of aromatic amines is 1. The lowest BCUT2D eigenvalue weighted by Gasteiger charge is -2.22. The van der Waals surface area contributed by atoms with Crippen molar-refractivity contribution in [1.82, 2.24) is 9.55 Å². The SMILES string of the molecule is O=c1ccn(C2OC(COP(=O)(O)OP(=O)(O)OC3OC(C(O)CO)C(O)C3O)C(O)C2O)c(=O)[nH]1. The van der Waals surface area contributed by atoms with Crippen LogP contribution in [-0.2, 0) is 32.0 Å². The first-order valence-corrected chi connectivity index (χ1v) is 13.0. The molecular formula is C15H24N2O17P2. The van der Waals surface area contributed by atoms with Crippen LogP contribution in [0.5, 0.6) is 0 Å². The summed E-state index contributed by atoms with van der Waals surface area (Å²) in [6.07, 6.45) is -15.1. The second-order valence-electron chi connectivity index (χ2n) is 7.68. The van der Waals surface area contributed by atoms with E-state index in [1.54, 1.807) is 0 Å². The molecule has 3 heterocycles. The zero-order valence-corrected chi connectivity index (χ0v) is 19.6. The number of aromatic nitrogens is 2. The average molecular weight is 566 g/mol. The number of phosphoric acid groups is 2. The summed E-state index contributed by atoms with van der Waals surface area (Å²) in [6.45, 7) is -1.93. The number of aliphatic hydroxyl groups excluding tert-OH is 6. The third-order valence-electron chi connectivity index (χ3n) is 5.13. The smallest absolute Gasteiger partial charge is 0.394 e.